The summed E-state index contributed by atoms with van der Waals surface area (Å²) in [5, 5.41) is 3.02. The van der Waals surface area contributed by atoms with Crippen molar-refractivity contribution in [2.75, 3.05) is 19.6 Å². The van der Waals surface area contributed by atoms with Crippen molar-refractivity contribution in [3.05, 3.63) is 12.2 Å². The molecular weight excluding hydrogens is 182 g/mol. The number of piperazine rings is 1. The van der Waals surface area contributed by atoms with Gasteiger partial charge in [-0.25, -0.2) is 0 Å². The molecule has 0 aromatic heterocycles. The molecule has 1 saturated heterocycles. The molecule has 5 nitrogen and oxygen atoms in total. The number of carbonyl (C=O) groups excluding carboxylic acids is 2. The van der Waals surface area contributed by atoms with Gasteiger partial charge in [-0.05, 0) is 13.0 Å². The van der Waals surface area contributed by atoms with Gasteiger partial charge in [-0.3, -0.25) is 9.59 Å². The second kappa shape index (κ2) is 4.76. The van der Waals surface area contributed by atoms with Gasteiger partial charge in [0.25, 0.3) is 0 Å². The molecule has 2 amide bonds. The maximum Gasteiger partial charge on any atom is 0.246 e. The van der Waals surface area contributed by atoms with Crippen molar-refractivity contribution in [1.29, 1.82) is 0 Å². The first-order valence-electron chi connectivity index (χ1n) is 4.60. The minimum Gasteiger partial charge on any atom is -0.368 e. The third kappa shape index (κ3) is 2.32. The molecule has 0 bridgehead atoms. The number of nitrogens with one attached hydrogen (secondary N) is 1. The monoisotopic (exact) mass is 197 g/mol. The Morgan fingerprint density at radius 2 is 2.29 bits per heavy atom. The molecule has 3 N–H and O–H groups in total. The van der Waals surface area contributed by atoms with Crippen LogP contribution in [0.4, 0.5) is 0 Å². The molecule has 14 heavy (non-hydrogen) atoms. The van der Waals surface area contributed by atoms with Gasteiger partial charge in [0.15, 0.2) is 0 Å². The zero-order valence-corrected chi connectivity index (χ0v) is 8.19. The van der Waals surface area contributed by atoms with E-state index in [0.717, 1.165) is 0 Å². The SMILES string of the molecule is CC=CC(=O)N1CCNCC1C(N)=O. The average molecular weight is 197 g/mol. The molecule has 1 unspecified atom stereocenters. The van der Waals surface area contributed by atoms with Crippen molar-refractivity contribution in [3.8, 4) is 0 Å². The number of rotatable bonds is 2. The lowest BCUT2D eigenvalue weighted by Crippen LogP contribution is -2.58. The van der Waals surface area contributed by atoms with E-state index < -0.39 is 11.9 Å². The zero-order chi connectivity index (χ0) is 10.6. The fourth-order valence-electron chi connectivity index (χ4n) is 1.46. The molecular formula is C9H15N3O2. The van der Waals surface area contributed by atoms with Crippen LogP contribution in [-0.2, 0) is 9.59 Å². The van der Waals surface area contributed by atoms with Crippen LogP contribution < -0.4 is 11.1 Å². The molecule has 1 rings (SSSR count). The molecule has 0 aromatic rings. The third-order valence-corrected chi connectivity index (χ3v) is 2.16. The average Bonchev–Trinajstić information content (AvgIpc) is 2.18. The van der Waals surface area contributed by atoms with Crippen LogP contribution in [0.3, 0.4) is 0 Å². The summed E-state index contributed by atoms with van der Waals surface area (Å²) in [5.41, 5.74) is 5.19. The van der Waals surface area contributed by atoms with Crippen molar-refractivity contribution >= 4 is 11.8 Å². The molecule has 0 radical (unpaired) electrons. The highest BCUT2D eigenvalue weighted by Gasteiger charge is 2.28. The van der Waals surface area contributed by atoms with E-state index in [4.69, 9.17) is 5.73 Å². The highest BCUT2D eigenvalue weighted by atomic mass is 16.2. The second-order valence-electron chi connectivity index (χ2n) is 3.15. The highest BCUT2D eigenvalue weighted by Crippen LogP contribution is 2.03. The normalized spacial score (nSPS) is 22.6. The predicted molar refractivity (Wildman–Crippen MR) is 52.4 cm³/mol. The van der Waals surface area contributed by atoms with Crippen molar-refractivity contribution in [3.63, 3.8) is 0 Å². The highest BCUT2D eigenvalue weighted by molar-refractivity contribution is 5.92. The summed E-state index contributed by atoms with van der Waals surface area (Å²) in [6.45, 7) is 3.43. The Morgan fingerprint density at radius 3 is 2.86 bits per heavy atom. The summed E-state index contributed by atoms with van der Waals surface area (Å²) in [5.74, 6) is -0.618. The van der Waals surface area contributed by atoms with Gasteiger partial charge in [0.05, 0.1) is 0 Å². The molecule has 78 valence electrons. The van der Waals surface area contributed by atoms with E-state index in [2.05, 4.69) is 5.32 Å². The van der Waals surface area contributed by atoms with Crippen LogP contribution in [0, 0.1) is 0 Å². The van der Waals surface area contributed by atoms with Gasteiger partial charge in [-0.15, -0.1) is 0 Å². The van der Waals surface area contributed by atoms with Gasteiger partial charge in [-0.2, -0.15) is 0 Å². The summed E-state index contributed by atoms with van der Waals surface area (Å²) in [4.78, 5) is 24.1. The van der Waals surface area contributed by atoms with Gasteiger partial charge < -0.3 is 16.0 Å². The number of hydrogen-bond acceptors (Lipinski definition) is 3. The standard InChI is InChI=1S/C9H15N3O2/c1-2-3-8(13)12-5-4-11-6-7(12)9(10)14/h2-3,7,11H,4-6H2,1H3,(H2,10,14). The molecule has 0 spiro atoms. The topological polar surface area (TPSA) is 75.4 Å². The fraction of sp³-hybridized carbons (Fsp3) is 0.556. The zero-order valence-electron chi connectivity index (χ0n) is 8.19. The Labute approximate surface area is 82.9 Å². The number of amides is 2. The molecule has 1 aliphatic heterocycles. The Morgan fingerprint density at radius 1 is 1.57 bits per heavy atom. The smallest absolute Gasteiger partial charge is 0.246 e. The first-order valence-corrected chi connectivity index (χ1v) is 4.60. The van der Waals surface area contributed by atoms with E-state index >= 15 is 0 Å². The minimum absolute atomic E-state index is 0.155. The minimum atomic E-state index is -0.521. The van der Waals surface area contributed by atoms with Crippen molar-refractivity contribution < 1.29 is 9.59 Å². The van der Waals surface area contributed by atoms with Crippen LogP contribution in [0.15, 0.2) is 12.2 Å². The van der Waals surface area contributed by atoms with Gasteiger partial charge in [0.1, 0.15) is 6.04 Å². The van der Waals surface area contributed by atoms with Crippen LogP contribution in [0.2, 0.25) is 0 Å². The van der Waals surface area contributed by atoms with E-state index in [0.29, 0.717) is 19.6 Å². The van der Waals surface area contributed by atoms with E-state index in [1.165, 1.54) is 11.0 Å². The molecule has 1 atom stereocenters. The maximum absolute atomic E-state index is 11.5. The number of primary amides is 1. The van der Waals surface area contributed by atoms with Crippen LogP contribution in [-0.4, -0.2) is 42.4 Å². The van der Waals surface area contributed by atoms with E-state index in [1.807, 2.05) is 0 Å². The molecule has 5 heteroatoms. The maximum atomic E-state index is 11.5. The molecule has 1 fully saturated rings. The lowest BCUT2D eigenvalue weighted by Gasteiger charge is -2.33. The molecule has 1 aliphatic rings. The Balaban J connectivity index is 2.72. The molecule has 0 aliphatic carbocycles. The first kappa shape index (κ1) is 10.7. The molecule has 1 heterocycles. The number of nitrogens with zero attached hydrogens (tertiary/aromatic N) is 1. The van der Waals surface area contributed by atoms with Crippen molar-refractivity contribution in [1.82, 2.24) is 10.2 Å². The fourth-order valence-corrected chi connectivity index (χ4v) is 1.46. The van der Waals surface area contributed by atoms with E-state index in [9.17, 15) is 9.59 Å². The van der Waals surface area contributed by atoms with E-state index in [-0.39, 0.29) is 5.91 Å². The summed E-state index contributed by atoms with van der Waals surface area (Å²) >= 11 is 0. The summed E-state index contributed by atoms with van der Waals surface area (Å²) in [7, 11) is 0. The van der Waals surface area contributed by atoms with Crippen LogP contribution in [0.5, 0.6) is 0 Å². The lowest BCUT2D eigenvalue weighted by molar-refractivity contribution is -0.136. The number of carbonyl (C=O) groups is 2. The van der Waals surface area contributed by atoms with Crippen molar-refractivity contribution in [2.45, 2.75) is 13.0 Å². The van der Waals surface area contributed by atoms with Crippen LogP contribution in [0.1, 0.15) is 6.92 Å². The van der Waals surface area contributed by atoms with Gasteiger partial charge in [-0.1, -0.05) is 6.08 Å². The second-order valence-corrected chi connectivity index (χ2v) is 3.15. The number of allylic oxidation sites excluding steroid dienone is 1. The summed E-state index contributed by atoms with van der Waals surface area (Å²) < 4.78 is 0. The Bertz CT molecular complexity index is 263. The van der Waals surface area contributed by atoms with Crippen LogP contribution in [0.25, 0.3) is 0 Å². The van der Waals surface area contributed by atoms with Gasteiger partial charge in [0.2, 0.25) is 11.8 Å². The molecule has 0 saturated carbocycles. The van der Waals surface area contributed by atoms with Crippen LogP contribution >= 0.6 is 0 Å². The quantitative estimate of drug-likeness (QED) is 0.549. The predicted octanol–water partition coefficient (Wildman–Crippen LogP) is -1.15. The molecule has 0 aromatic carbocycles. The van der Waals surface area contributed by atoms with E-state index in [1.54, 1.807) is 13.0 Å². The number of hydrogen-bond donors (Lipinski definition) is 2. The lowest BCUT2D eigenvalue weighted by atomic mass is 10.2. The summed E-state index contributed by atoms with van der Waals surface area (Å²) in [6.07, 6.45) is 3.10. The summed E-state index contributed by atoms with van der Waals surface area (Å²) in [6, 6.07) is -0.521. The van der Waals surface area contributed by atoms with Gasteiger partial charge in [0, 0.05) is 19.6 Å². The Kier molecular flexibility index (Phi) is 3.64. The largest absolute Gasteiger partial charge is 0.368 e. The Hall–Kier alpha value is -1.36. The van der Waals surface area contributed by atoms with Crippen molar-refractivity contribution in [2.24, 2.45) is 5.73 Å². The number of nitrogens with two attached hydrogens (primary N) is 1. The van der Waals surface area contributed by atoms with Gasteiger partial charge >= 0.3 is 0 Å². The third-order valence-electron chi connectivity index (χ3n) is 2.16. The first-order chi connectivity index (χ1) is 6.66.